The molecule has 0 spiro atoms. The van der Waals surface area contributed by atoms with Crippen molar-refractivity contribution in [3.8, 4) is 0 Å². The molecule has 0 radical (unpaired) electrons. The van der Waals surface area contributed by atoms with Gasteiger partial charge < -0.3 is 14.2 Å². The van der Waals surface area contributed by atoms with Crippen LogP contribution in [0.4, 0.5) is 4.79 Å². The molecule has 1 unspecified atom stereocenters. The molecule has 1 aromatic carbocycles. The molecule has 1 heterocycles. The quantitative estimate of drug-likeness (QED) is 0.597. The van der Waals surface area contributed by atoms with Crippen molar-refractivity contribution in [1.82, 2.24) is 4.90 Å². The van der Waals surface area contributed by atoms with Crippen molar-refractivity contribution in [2.75, 3.05) is 13.7 Å². The number of carbonyl (C=O) groups excluding carboxylic acids is 2. The highest BCUT2D eigenvalue weighted by Crippen LogP contribution is 2.44. The Morgan fingerprint density at radius 1 is 1.00 bits per heavy atom. The van der Waals surface area contributed by atoms with E-state index >= 15 is 0 Å². The predicted octanol–water partition coefficient (Wildman–Crippen LogP) is 5.40. The van der Waals surface area contributed by atoms with Crippen LogP contribution in [-0.4, -0.2) is 41.9 Å². The average molecular weight is 432 g/mol. The second-order valence-corrected chi connectivity index (χ2v) is 9.89. The Kier molecular flexibility index (Phi) is 6.99. The third-order valence-corrected chi connectivity index (χ3v) is 6.72. The van der Waals surface area contributed by atoms with Crippen molar-refractivity contribution < 1.29 is 23.8 Å². The molecule has 172 valence electrons. The van der Waals surface area contributed by atoms with E-state index in [9.17, 15) is 9.59 Å². The Balaban J connectivity index is 2.08. The van der Waals surface area contributed by atoms with Crippen LogP contribution in [0.25, 0.3) is 0 Å². The number of carbonyl (C=O) groups is 2. The maximum absolute atomic E-state index is 13.7. The van der Waals surface area contributed by atoms with Gasteiger partial charge in [-0.1, -0.05) is 62.4 Å². The Morgan fingerprint density at radius 3 is 2.10 bits per heavy atom. The number of amides is 1. The normalized spacial score (nSPS) is 23.3. The number of esters is 1. The van der Waals surface area contributed by atoms with Crippen LogP contribution in [0.5, 0.6) is 0 Å². The molecule has 1 saturated carbocycles. The molecule has 1 atom stereocenters. The largest absolute Gasteiger partial charge is 0.466 e. The van der Waals surface area contributed by atoms with Gasteiger partial charge in [-0.2, -0.15) is 0 Å². The van der Waals surface area contributed by atoms with Crippen molar-refractivity contribution in [1.29, 1.82) is 0 Å². The van der Waals surface area contributed by atoms with Gasteiger partial charge in [0.05, 0.1) is 19.3 Å². The van der Waals surface area contributed by atoms with E-state index in [1.54, 1.807) is 4.90 Å². The van der Waals surface area contributed by atoms with Crippen LogP contribution in [0.3, 0.4) is 0 Å². The van der Waals surface area contributed by atoms with E-state index in [2.05, 4.69) is 0 Å². The molecule has 2 aliphatic rings. The zero-order valence-corrected chi connectivity index (χ0v) is 19.6. The molecule has 0 N–H and O–H groups in total. The SMILES string of the molecule is COC(=O)C(OC(=O)N1C(C)(C)COC1(C)C)(c1ccccc1)C1CCCCCCC1. The number of benzene rings is 1. The lowest BCUT2D eigenvalue weighted by atomic mass is 9.74. The molecule has 3 rings (SSSR count). The standard InChI is InChI=1S/C25H37NO5/c1-23(2)18-30-24(3,4)26(23)22(28)31-25(21(27)29-5,20-16-12-9-13-17-20)19-14-10-7-6-8-11-15-19/h9,12-13,16-17,19H,6-8,10-11,14-15,18H2,1-5H3. The molecular weight excluding hydrogens is 394 g/mol. The molecule has 6 heteroatoms. The maximum Gasteiger partial charge on any atom is 0.414 e. The van der Waals surface area contributed by atoms with Crippen LogP contribution in [0.1, 0.15) is 78.2 Å². The van der Waals surface area contributed by atoms with Gasteiger partial charge in [0.2, 0.25) is 5.60 Å². The molecule has 1 amide bonds. The third kappa shape index (κ3) is 4.59. The Labute approximate surface area is 186 Å². The summed E-state index contributed by atoms with van der Waals surface area (Å²) in [5, 5.41) is 0. The van der Waals surface area contributed by atoms with Crippen LogP contribution in [-0.2, 0) is 24.6 Å². The van der Waals surface area contributed by atoms with Gasteiger partial charge in [-0.15, -0.1) is 0 Å². The van der Waals surface area contributed by atoms with Gasteiger partial charge in [-0.25, -0.2) is 9.59 Å². The summed E-state index contributed by atoms with van der Waals surface area (Å²) in [4.78, 5) is 28.8. The smallest absolute Gasteiger partial charge is 0.414 e. The summed E-state index contributed by atoms with van der Waals surface area (Å²) in [6, 6.07) is 9.36. The van der Waals surface area contributed by atoms with Gasteiger partial charge in [0.1, 0.15) is 5.72 Å². The lowest BCUT2D eigenvalue weighted by molar-refractivity contribution is -0.176. The van der Waals surface area contributed by atoms with Gasteiger partial charge in [-0.05, 0) is 40.5 Å². The molecule has 31 heavy (non-hydrogen) atoms. The van der Waals surface area contributed by atoms with Gasteiger partial charge in [-0.3, -0.25) is 4.90 Å². The van der Waals surface area contributed by atoms with E-state index in [0.717, 1.165) is 38.5 Å². The van der Waals surface area contributed by atoms with Crippen LogP contribution in [0, 0.1) is 5.92 Å². The fourth-order valence-corrected chi connectivity index (χ4v) is 5.27. The highest BCUT2D eigenvalue weighted by atomic mass is 16.6. The molecular formula is C25H37NO5. The highest BCUT2D eigenvalue weighted by Gasteiger charge is 2.56. The average Bonchev–Trinajstić information content (AvgIpc) is 2.93. The van der Waals surface area contributed by atoms with Gasteiger partial charge in [0.25, 0.3) is 0 Å². The number of rotatable bonds is 4. The number of hydrogen-bond acceptors (Lipinski definition) is 5. The summed E-state index contributed by atoms with van der Waals surface area (Å²) >= 11 is 0. The topological polar surface area (TPSA) is 65.1 Å². The Hall–Kier alpha value is -2.08. The van der Waals surface area contributed by atoms with E-state index in [1.165, 1.54) is 13.5 Å². The second kappa shape index (κ2) is 9.19. The van der Waals surface area contributed by atoms with E-state index in [1.807, 2.05) is 58.0 Å². The molecule has 1 aliphatic heterocycles. The van der Waals surface area contributed by atoms with Crippen molar-refractivity contribution in [2.24, 2.45) is 5.92 Å². The van der Waals surface area contributed by atoms with Crippen molar-refractivity contribution in [3.05, 3.63) is 35.9 Å². The molecule has 6 nitrogen and oxygen atoms in total. The first-order valence-corrected chi connectivity index (χ1v) is 11.5. The summed E-state index contributed by atoms with van der Waals surface area (Å²) in [6.07, 6.45) is 6.50. The van der Waals surface area contributed by atoms with Gasteiger partial charge in [0, 0.05) is 11.5 Å². The highest BCUT2D eigenvalue weighted by molar-refractivity contribution is 5.85. The van der Waals surface area contributed by atoms with Crippen LogP contribution in [0.15, 0.2) is 30.3 Å². The van der Waals surface area contributed by atoms with Crippen LogP contribution < -0.4 is 0 Å². The second-order valence-electron chi connectivity index (χ2n) is 9.89. The summed E-state index contributed by atoms with van der Waals surface area (Å²) in [5.74, 6) is -0.672. The molecule has 0 bridgehead atoms. The van der Waals surface area contributed by atoms with Crippen LogP contribution in [0.2, 0.25) is 0 Å². The minimum Gasteiger partial charge on any atom is -0.466 e. The van der Waals surface area contributed by atoms with Crippen molar-refractivity contribution in [3.63, 3.8) is 0 Å². The Bertz CT molecular complexity index is 751. The van der Waals surface area contributed by atoms with Crippen LogP contribution >= 0.6 is 0 Å². The fourth-order valence-electron chi connectivity index (χ4n) is 5.27. The number of ether oxygens (including phenoxy) is 3. The molecule has 0 aromatic heterocycles. The predicted molar refractivity (Wildman–Crippen MR) is 118 cm³/mol. The maximum atomic E-state index is 13.7. The van der Waals surface area contributed by atoms with E-state index in [4.69, 9.17) is 14.2 Å². The molecule has 1 aliphatic carbocycles. The molecule has 1 saturated heterocycles. The summed E-state index contributed by atoms with van der Waals surface area (Å²) in [6.45, 7) is 7.99. The van der Waals surface area contributed by atoms with E-state index in [-0.39, 0.29) is 5.92 Å². The minimum atomic E-state index is -1.49. The first-order valence-electron chi connectivity index (χ1n) is 11.5. The Morgan fingerprint density at radius 2 is 1.58 bits per heavy atom. The molecule has 2 fully saturated rings. The summed E-state index contributed by atoms with van der Waals surface area (Å²) in [7, 11) is 1.36. The fraction of sp³-hybridized carbons (Fsp3) is 0.680. The number of hydrogen-bond donors (Lipinski definition) is 0. The summed E-state index contributed by atoms with van der Waals surface area (Å²) < 4.78 is 17.5. The molecule has 1 aromatic rings. The number of nitrogens with zero attached hydrogens (tertiary/aromatic N) is 1. The van der Waals surface area contributed by atoms with Gasteiger partial charge >= 0.3 is 12.1 Å². The lowest BCUT2D eigenvalue weighted by Crippen LogP contribution is -2.57. The first-order chi connectivity index (χ1) is 14.6. The van der Waals surface area contributed by atoms with Gasteiger partial charge in [0.15, 0.2) is 0 Å². The van der Waals surface area contributed by atoms with E-state index in [0.29, 0.717) is 12.2 Å². The third-order valence-electron chi connectivity index (χ3n) is 6.72. The van der Waals surface area contributed by atoms with Crippen molar-refractivity contribution >= 4 is 12.1 Å². The van der Waals surface area contributed by atoms with E-state index < -0.39 is 28.9 Å². The zero-order chi connectivity index (χ0) is 22.7. The summed E-state index contributed by atoms with van der Waals surface area (Å²) in [5.41, 5.74) is -2.21. The zero-order valence-electron chi connectivity index (χ0n) is 19.6. The monoisotopic (exact) mass is 431 g/mol. The lowest BCUT2D eigenvalue weighted by Gasteiger charge is -2.43. The number of methoxy groups -OCH3 is 1. The first kappa shape index (κ1) is 23.6. The minimum absolute atomic E-state index is 0.152. The van der Waals surface area contributed by atoms with Crippen molar-refractivity contribution in [2.45, 2.75) is 89.5 Å².